The largest absolute Gasteiger partial charge is 0.291 e. The van der Waals surface area contributed by atoms with Gasteiger partial charge >= 0.3 is 0 Å². The monoisotopic (exact) mass is 273 g/mol. The quantitative estimate of drug-likeness (QED) is 0.474. The van der Waals surface area contributed by atoms with Gasteiger partial charge in [-0.15, -0.1) is 10.2 Å². The number of carbonyl (C=O) groups excluding carboxylic acids is 1. The minimum Gasteiger partial charge on any atom is -0.289 e. The van der Waals surface area contributed by atoms with Crippen molar-refractivity contribution in [2.45, 2.75) is 10.1 Å². The number of hydrogen-bond donors (Lipinski definition) is 0. The van der Waals surface area contributed by atoms with E-state index in [4.69, 9.17) is 23.2 Å². The normalized spacial score (nSPS) is 25.8. The van der Waals surface area contributed by atoms with Gasteiger partial charge in [-0.1, -0.05) is 53.5 Å². The first kappa shape index (κ1) is 12.1. The highest BCUT2D eigenvalue weighted by Gasteiger charge is 2.57. The van der Waals surface area contributed by atoms with Gasteiger partial charge in [0.05, 0.1) is 6.21 Å². The smallest absolute Gasteiger partial charge is 0.289 e. The zero-order valence-electron chi connectivity index (χ0n) is 8.35. The standard InChI is InChI=1S/C10H6Cl2FN3O/c11-9(6-14-16-15-9)10(12,13)8(17)7-4-2-1-3-5-7/h1-6H. The average molecular weight is 274 g/mol. The van der Waals surface area contributed by atoms with Crippen molar-refractivity contribution in [2.24, 2.45) is 15.4 Å². The highest BCUT2D eigenvalue weighted by atomic mass is 35.5. The Morgan fingerprint density at radius 2 is 2.00 bits per heavy atom. The van der Waals surface area contributed by atoms with Crippen molar-refractivity contribution in [3.05, 3.63) is 35.9 Å². The molecule has 2 rings (SSSR count). The van der Waals surface area contributed by atoms with Crippen LogP contribution in [0.2, 0.25) is 0 Å². The Balaban J connectivity index is 2.37. The summed E-state index contributed by atoms with van der Waals surface area (Å²) in [7, 11) is 0. The lowest BCUT2D eigenvalue weighted by molar-refractivity contribution is 0.0804. The lowest BCUT2D eigenvalue weighted by atomic mass is 10.0. The minimum absolute atomic E-state index is 0.0977. The first-order valence-corrected chi connectivity index (χ1v) is 5.36. The summed E-state index contributed by atoms with van der Waals surface area (Å²) in [6.45, 7) is 0. The second-order valence-corrected chi connectivity index (χ2v) is 4.47. The van der Waals surface area contributed by atoms with Crippen molar-refractivity contribution < 1.29 is 9.18 Å². The van der Waals surface area contributed by atoms with E-state index in [0.717, 1.165) is 6.21 Å². The van der Waals surface area contributed by atoms with E-state index in [1.165, 1.54) is 12.1 Å². The number of alkyl halides is 3. The van der Waals surface area contributed by atoms with E-state index >= 15 is 0 Å². The van der Waals surface area contributed by atoms with Gasteiger partial charge in [-0.2, -0.15) is 0 Å². The second-order valence-electron chi connectivity index (χ2n) is 3.38. The van der Waals surface area contributed by atoms with E-state index in [0.29, 0.717) is 0 Å². The van der Waals surface area contributed by atoms with E-state index in [-0.39, 0.29) is 5.56 Å². The third-order valence-corrected chi connectivity index (χ3v) is 3.22. The van der Waals surface area contributed by atoms with E-state index in [2.05, 4.69) is 15.4 Å². The average Bonchev–Trinajstić information content (AvgIpc) is 2.78. The van der Waals surface area contributed by atoms with Crippen molar-refractivity contribution in [1.29, 1.82) is 0 Å². The molecule has 1 aromatic carbocycles. The number of Topliss-reactive ketones (excluding diaryl/α,β-unsaturated/α-hetero) is 1. The zero-order valence-corrected chi connectivity index (χ0v) is 9.86. The molecule has 7 heteroatoms. The van der Waals surface area contributed by atoms with Crippen LogP contribution in [0.5, 0.6) is 0 Å². The summed E-state index contributed by atoms with van der Waals surface area (Å²) >= 11 is 11.3. The van der Waals surface area contributed by atoms with Gasteiger partial charge in [-0.05, 0) is 5.22 Å². The second kappa shape index (κ2) is 4.16. The van der Waals surface area contributed by atoms with Crippen LogP contribution in [0.3, 0.4) is 0 Å². The minimum atomic E-state index is -2.93. The number of ketones is 1. The highest BCUT2D eigenvalue weighted by molar-refractivity contribution is 6.47. The molecule has 1 aliphatic heterocycles. The number of benzene rings is 1. The molecule has 1 heterocycles. The molecule has 2 unspecified atom stereocenters. The Morgan fingerprint density at radius 3 is 2.53 bits per heavy atom. The molecule has 0 N–H and O–H groups in total. The van der Waals surface area contributed by atoms with Gasteiger partial charge in [0.1, 0.15) is 0 Å². The van der Waals surface area contributed by atoms with Gasteiger partial charge < -0.3 is 0 Å². The molecule has 2 atom stereocenters. The molecule has 1 aromatic rings. The van der Waals surface area contributed by atoms with Crippen LogP contribution in [-0.4, -0.2) is 22.1 Å². The first-order valence-electron chi connectivity index (χ1n) is 4.60. The summed E-state index contributed by atoms with van der Waals surface area (Å²) in [4.78, 5) is 9.81. The van der Waals surface area contributed by atoms with Gasteiger partial charge in [-0.3, -0.25) is 4.79 Å². The molecule has 0 aromatic heterocycles. The number of rotatable bonds is 3. The van der Waals surface area contributed by atoms with Crippen molar-refractivity contribution in [2.75, 3.05) is 0 Å². The van der Waals surface area contributed by atoms with E-state index in [1.54, 1.807) is 18.2 Å². The third-order valence-electron chi connectivity index (χ3n) is 2.23. The summed E-state index contributed by atoms with van der Waals surface area (Å²) in [5, 5.41) is 6.86. The lowest BCUT2D eigenvalue weighted by Crippen LogP contribution is -2.47. The maximum Gasteiger partial charge on any atom is 0.291 e. The SMILES string of the molecule is O=C(c1ccccc1)C(F)(Cl)C1(Cl)C=NN=N1. The van der Waals surface area contributed by atoms with Crippen LogP contribution in [0, 0.1) is 0 Å². The molecule has 4 nitrogen and oxygen atoms in total. The van der Waals surface area contributed by atoms with Crippen LogP contribution in [-0.2, 0) is 0 Å². The zero-order chi connectivity index (χ0) is 12.5. The van der Waals surface area contributed by atoms with Crippen molar-refractivity contribution in [3.63, 3.8) is 0 Å². The molecule has 1 aliphatic rings. The molecule has 88 valence electrons. The van der Waals surface area contributed by atoms with Crippen LogP contribution in [0.1, 0.15) is 10.4 Å². The number of carbonyl (C=O) groups is 1. The fourth-order valence-corrected chi connectivity index (χ4v) is 1.65. The van der Waals surface area contributed by atoms with Gasteiger partial charge in [0, 0.05) is 5.56 Å². The van der Waals surface area contributed by atoms with Gasteiger partial charge in [0.25, 0.3) is 5.13 Å². The first-order chi connectivity index (χ1) is 7.97. The van der Waals surface area contributed by atoms with Crippen LogP contribution >= 0.6 is 23.2 Å². The molecular formula is C10H6Cl2FN3O. The number of halogens is 3. The van der Waals surface area contributed by atoms with E-state index in [9.17, 15) is 9.18 Å². The summed E-state index contributed by atoms with van der Waals surface area (Å²) in [5.41, 5.74) is 0.0977. The van der Waals surface area contributed by atoms with Crippen LogP contribution in [0.15, 0.2) is 45.8 Å². The van der Waals surface area contributed by atoms with Crippen LogP contribution < -0.4 is 0 Å². The summed E-state index contributed by atoms with van der Waals surface area (Å²) in [6, 6.07) is 7.74. The summed E-state index contributed by atoms with van der Waals surface area (Å²) < 4.78 is 14.3. The third kappa shape index (κ3) is 1.96. The predicted molar refractivity (Wildman–Crippen MR) is 62.4 cm³/mol. The Morgan fingerprint density at radius 1 is 1.35 bits per heavy atom. The maximum absolute atomic E-state index is 14.3. The van der Waals surface area contributed by atoms with Crippen molar-refractivity contribution in [1.82, 2.24) is 0 Å². The Kier molecular flexibility index (Phi) is 2.97. The molecule has 0 saturated heterocycles. The van der Waals surface area contributed by atoms with Gasteiger partial charge in [0.15, 0.2) is 0 Å². The highest BCUT2D eigenvalue weighted by Crippen LogP contribution is 2.41. The molecule has 17 heavy (non-hydrogen) atoms. The Hall–Kier alpha value is -1.33. The van der Waals surface area contributed by atoms with E-state index in [1.807, 2.05) is 0 Å². The van der Waals surface area contributed by atoms with Gasteiger partial charge in [0.2, 0.25) is 10.8 Å². The number of nitrogens with zero attached hydrogens (tertiary/aromatic N) is 3. The molecule has 0 bridgehead atoms. The molecule has 0 fully saturated rings. The molecular weight excluding hydrogens is 268 g/mol. The Labute approximate surface area is 106 Å². The topological polar surface area (TPSA) is 54.1 Å². The van der Waals surface area contributed by atoms with Crippen LogP contribution in [0.25, 0.3) is 0 Å². The molecule has 0 radical (unpaired) electrons. The molecule has 0 saturated carbocycles. The van der Waals surface area contributed by atoms with Gasteiger partial charge in [-0.25, -0.2) is 4.39 Å². The molecule has 0 aliphatic carbocycles. The predicted octanol–water partition coefficient (Wildman–Crippen LogP) is 3.16. The lowest BCUT2D eigenvalue weighted by Gasteiger charge is -2.25. The summed E-state index contributed by atoms with van der Waals surface area (Å²) in [6.07, 6.45) is 0.891. The van der Waals surface area contributed by atoms with Crippen LogP contribution in [0.4, 0.5) is 4.39 Å². The van der Waals surface area contributed by atoms with Crippen molar-refractivity contribution in [3.8, 4) is 0 Å². The molecule has 0 spiro atoms. The van der Waals surface area contributed by atoms with Crippen molar-refractivity contribution >= 4 is 35.2 Å². The summed E-state index contributed by atoms with van der Waals surface area (Å²) in [5.74, 6) is -0.984. The maximum atomic E-state index is 14.3. The molecule has 0 amide bonds. The van der Waals surface area contributed by atoms with E-state index < -0.39 is 15.9 Å². The fourth-order valence-electron chi connectivity index (χ4n) is 1.29. The fraction of sp³-hybridized carbons (Fsp3) is 0.200. The Bertz CT molecular complexity index is 490. The number of hydrogen-bond acceptors (Lipinski definition) is 4.